The number of anilines is 1. The minimum absolute atomic E-state index is 0.296. The van der Waals surface area contributed by atoms with Crippen LogP contribution in [0.15, 0.2) is 12.1 Å². The number of amides is 1. The van der Waals surface area contributed by atoms with Crippen LogP contribution in [-0.4, -0.2) is 59.3 Å². The second-order valence-electron chi connectivity index (χ2n) is 8.42. The van der Waals surface area contributed by atoms with Crippen LogP contribution in [0.4, 0.5) is 10.6 Å². The number of pyridine rings is 1. The summed E-state index contributed by atoms with van der Waals surface area (Å²) in [7, 11) is 0. The van der Waals surface area contributed by atoms with Gasteiger partial charge in [-0.3, -0.25) is 4.90 Å². The first kappa shape index (κ1) is 21.0. The summed E-state index contributed by atoms with van der Waals surface area (Å²) in [5, 5.41) is 0. The molecular weight excluding hydrogens is 346 g/mol. The van der Waals surface area contributed by atoms with Gasteiger partial charge in [0.2, 0.25) is 0 Å². The molecule has 1 aromatic rings. The fourth-order valence-electron chi connectivity index (χ4n) is 3.15. The van der Waals surface area contributed by atoms with Gasteiger partial charge in [-0.2, -0.15) is 0 Å². The van der Waals surface area contributed by atoms with Crippen LogP contribution in [0.3, 0.4) is 0 Å². The van der Waals surface area contributed by atoms with Gasteiger partial charge in [0.05, 0.1) is 12.1 Å². The first-order valence-corrected chi connectivity index (χ1v) is 9.35. The molecule has 0 atom stereocenters. The molecule has 1 aromatic heterocycles. The van der Waals surface area contributed by atoms with Crippen molar-refractivity contribution in [2.24, 2.45) is 0 Å². The molecule has 1 amide bonds. The summed E-state index contributed by atoms with van der Waals surface area (Å²) in [4.78, 5) is 33.0. The minimum atomic E-state index is -0.531. The molecule has 27 heavy (non-hydrogen) atoms. The minimum Gasteiger partial charge on any atom is -0.461 e. The average Bonchev–Trinajstić information content (AvgIpc) is 2.52. The van der Waals surface area contributed by atoms with Crippen molar-refractivity contribution in [1.82, 2.24) is 9.88 Å². The maximum absolute atomic E-state index is 12.6. The third kappa shape index (κ3) is 5.11. The smallest absolute Gasteiger partial charge is 0.410 e. The van der Waals surface area contributed by atoms with Crippen LogP contribution in [0.25, 0.3) is 0 Å². The van der Waals surface area contributed by atoms with Crippen LogP contribution in [0.2, 0.25) is 0 Å². The van der Waals surface area contributed by atoms with Gasteiger partial charge in [-0.1, -0.05) is 6.07 Å². The van der Waals surface area contributed by atoms with Crippen molar-refractivity contribution in [3.05, 3.63) is 23.4 Å². The fraction of sp³-hybridized carbons (Fsp3) is 0.650. The second kappa shape index (κ2) is 7.74. The maximum Gasteiger partial charge on any atom is 0.410 e. The summed E-state index contributed by atoms with van der Waals surface area (Å²) in [6, 6.07) is 3.56. The van der Waals surface area contributed by atoms with Crippen LogP contribution in [0, 0.1) is 6.92 Å². The van der Waals surface area contributed by atoms with E-state index in [1.165, 1.54) is 0 Å². The molecule has 1 aliphatic rings. The Kier molecular flexibility index (Phi) is 6.02. The largest absolute Gasteiger partial charge is 0.461 e. The maximum atomic E-state index is 12.6. The number of carbonyl (C=O) groups is 2. The van der Waals surface area contributed by atoms with E-state index in [4.69, 9.17) is 9.47 Å². The molecule has 7 nitrogen and oxygen atoms in total. The summed E-state index contributed by atoms with van der Waals surface area (Å²) < 4.78 is 10.6. The van der Waals surface area contributed by atoms with Crippen molar-refractivity contribution in [3.63, 3.8) is 0 Å². The second-order valence-corrected chi connectivity index (χ2v) is 8.42. The lowest BCUT2D eigenvalue weighted by Gasteiger charge is -2.47. The molecule has 0 unspecified atom stereocenters. The quantitative estimate of drug-likeness (QED) is 0.752. The molecule has 0 radical (unpaired) electrons. The van der Waals surface area contributed by atoms with Gasteiger partial charge in [-0.25, -0.2) is 14.6 Å². The van der Waals surface area contributed by atoms with Crippen LogP contribution < -0.4 is 4.90 Å². The summed E-state index contributed by atoms with van der Waals surface area (Å²) in [5.74, 6) is 0.322. The number of carbonyl (C=O) groups excluding carboxylic acids is 2. The third-order valence-electron chi connectivity index (χ3n) is 4.37. The summed E-state index contributed by atoms with van der Waals surface area (Å²) in [5.41, 5.74) is 0.305. The molecule has 1 aliphatic heterocycles. The number of aryl methyl sites for hydroxylation is 1. The van der Waals surface area contributed by atoms with Gasteiger partial charge in [-0.05, 0) is 60.1 Å². The van der Waals surface area contributed by atoms with E-state index >= 15 is 0 Å². The normalized spacial score (nSPS) is 16.9. The highest BCUT2D eigenvalue weighted by Gasteiger charge is 2.39. The van der Waals surface area contributed by atoms with Crippen LogP contribution in [0.1, 0.15) is 57.6 Å². The van der Waals surface area contributed by atoms with Gasteiger partial charge in [0.25, 0.3) is 0 Å². The first-order chi connectivity index (χ1) is 12.4. The monoisotopic (exact) mass is 377 g/mol. The molecular formula is C20H31N3O4. The molecule has 0 N–H and O–H groups in total. The van der Waals surface area contributed by atoms with Crippen molar-refractivity contribution in [2.45, 2.75) is 59.6 Å². The van der Waals surface area contributed by atoms with E-state index in [0.717, 1.165) is 11.4 Å². The summed E-state index contributed by atoms with van der Waals surface area (Å²) in [6.45, 7) is 15.4. The number of esters is 1. The molecule has 1 fully saturated rings. The molecule has 1 saturated heterocycles. The van der Waals surface area contributed by atoms with Gasteiger partial charge < -0.3 is 14.4 Å². The lowest BCUT2D eigenvalue weighted by molar-refractivity contribution is 0.000302. The Morgan fingerprint density at radius 2 is 1.89 bits per heavy atom. The Labute approximate surface area is 161 Å². The predicted molar refractivity (Wildman–Crippen MR) is 104 cm³/mol. The van der Waals surface area contributed by atoms with E-state index in [2.05, 4.69) is 9.88 Å². The van der Waals surface area contributed by atoms with E-state index in [-0.39, 0.29) is 6.09 Å². The number of nitrogens with zero attached hydrogens (tertiary/aromatic N) is 3. The molecule has 0 aromatic carbocycles. The standard InChI is InChI=1S/C20H31N3O4/c1-8-26-17(24)15-10-9-14(2)16(21-15)22-11-12-23(20(6,7)13-22)18(25)27-19(3,4)5/h9-10H,8,11-13H2,1-7H3. The van der Waals surface area contributed by atoms with Crippen LogP contribution >= 0.6 is 0 Å². The highest BCUT2D eigenvalue weighted by Crippen LogP contribution is 2.28. The number of ether oxygens (including phenoxy) is 2. The predicted octanol–water partition coefficient (Wildman–Crippen LogP) is 3.40. The lowest BCUT2D eigenvalue weighted by Crippen LogP contribution is -2.62. The summed E-state index contributed by atoms with van der Waals surface area (Å²) in [6.07, 6.45) is -0.308. The highest BCUT2D eigenvalue weighted by atomic mass is 16.6. The lowest BCUT2D eigenvalue weighted by atomic mass is 9.99. The Hall–Kier alpha value is -2.31. The Morgan fingerprint density at radius 3 is 2.44 bits per heavy atom. The van der Waals surface area contributed by atoms with Crippen molar-refractivity contribution in [2.75, 3.05) is 31.1 Å². The molecule has 0 saturated carbocycles. The zero-order valence-electron chi connectivity index (χ0n) is 17.5. The van der Waals surface area contributed by atoms with Gasteiger partial charge in [0.15, 0.2) is 5.69 Å². The zero-order chi connectivity index (χ0) is 20.4. The van der Waals surface area contributed by atoms with Crippen molar-refractivity contribution >= 4 is 17.9 Å². The summed E-state index contributed by atoms with van der Waals surface area (Å²) >= 11 is 0. The molecule has 150 valence electrons. The molecule has 2 rings (SSSR count). The van der Waals surface area contributed by atoms with Gasteiger partial charge in [0, 0.05) is 19.6 Å². The number of hydrogen-bond acceptors (Lipinski definition) is 6. The Morgan fingerprint density at radius 1 is 1.22 bits per heavy atom. The van der Waals surface area contributed by atoms with Crippen LogP contribution in [0.5, 0.6) is 0 Å². The SMILES string of the molecule is CCOC(=O)c1ccc(C)c(N2CCN(C(=O)OC(C)(C)C)C(C)(C)C2)n1. The highest BCUT2D eigenvalue weighted by molar-refractivity contribution is 5.87. The number of aromatic nitrogens is 1. The molecule has 0 bridgehead atoms. The van der Waals surface area contributed by atoms with Gasteiger partial charge >= 0.3 is 12.1 Å². The fourth-order valence-corrected chi connectivity index (χ4v) is 3.15. The molecule has 0 spiro atoms. The third-order valence-corrected chi connectivity index (χ3v) is 4.37. The first-order valence-electron chi connectivity index (χ1n) is 9.35. The molecule has 2 heterocycles. The average molecular weight is 377 g/mol. The van der Waals surface area contributed by atoms with E-state index in [9.17, 15) is 9.59 Å². The molecule has 7 heteroatoms. The van der Waals surface area contributed by atoms with Gasteiger partial charge in [-0.15, -0.1) is 0 Å². The van der Waals surface area contributed by atoms with E-state index < -0.39 is 17.1 Å². The number of piperazine rings is 1. The molecule has 0 aliphatic carbocycles. The van der Waals surface area contributed by atoms with Gasteiger partial charge in [0.1, 0.15) is 11.4 Å². The van der Waals surface area contributed by atoms with Crippen molar-refractivity contribution < 1.29 is 19.1 Å². The van der Waals surface area contributed by atoms with Crippen molar-refractivity contribution in [3.8, 4) is 0 Å². The van der Waals surface area contributed by atoms with Crippen LogP contribution in [-0.2, 0) is 9.47 Å². The number of rotatable bonds is 3. The van der Waals surface area contributed by atoms with E-state index in [1.54, 1.807) is 17.9 Å². The Bertz CT molecular complexity index is 710. The van der Waals surface area contributed by atoms with Crippen molar-refractivity contribution in [1.29, 1.82) is 0 Å². The van der Waals surface area contributed by atoms with E-state index in [0.29, 0.717) is 31.9 Å². The Balaban J connectivity index is 2.20. The number of hydrogen-bond donors (Lipinski definition) is 0. The van der Waals surface area contributed by atoms with E-state index in [1.807, 2.05) is 47.6 Å². The topological polar surface area (TPSA) is 72.0 Å². The zero-order valence-corrected chi connectivity index (χ0v) is 17.5.